The molecular formula is C23H19ClN2O2. The zero-order chi connectivity index (χ0) is 19.5. The molecule has 28 heavy (non-hydrogen) atoms. The van der Waals surface area contributed by atoms with E-state index in [1.807, 2.05) is 72.8 Å². The quantitative estimate of drug-likeness (QED) is 0.449. The lowest BCUT2D eigenvalue weighted by molar-refractivity contribution is 0.414. The summed E-state index contributed by atoms with van der Waals surface area (Å²) in [5.41, 5.74) is 4.75. The molecule has 0 aliphatic rings. The van der Waals surface area contributed by atoms with Crippen LogP contribution in [0.3, 0.4) is 0 Å². The highest BCUT2D eigenvalue weighted by Crippen LogP contribution is 2.34. The molecule has 1 N–H and O–H groups in total. The second kappa shape index (κ2) is 7.79. The first-order valence-electron chi connectivity index (χ1n) is 8.83. The van der Waals surface area contributed by atoms with Gasteiger partial charge in [0, 0.05) is 21.7 Å². The number of nitrogens with one attached hydrogen (secondary N) is 1. The van der Waals surface area contributed by atoms with Crippen molar-refractivity contribution < 1.29 is 9.47 Å². The van der Waals surface area contributed by atoms with Crippen LogP contribution in [0.5, 0.6) is 11.5 Å². The summed E-state index contributed by atoms with van der Waals surface area (Å²) in [7, 11) is 3.31. The van der Waals surface area contributed by atoms with Crippen molar-refractivity contribution in [1.82, 2.24) is 9.97 Å². The van der Waals surface area contributed by atoms with Crippen LogP contribution < -0.4 is 9.47 Å². The number of ether oxygens (including phenoxy) is 2. The van der Waals surface area contributed by atoms with E-state index in [1.54, 1.807) is 14.2 Å². The number of imidazole rings is 1. The van der Waals surface area contributed by atoms with Gasteiger partial charge < -0.3 is 14.5 Å². The molecule has 0 fully saturated rings. The standard InChI is InChI=1S/C23H19ClN2O2/c1-27-19-10-6-15(7-11-19)21-22(16-8-12-20(28-2)13-9-16)26-23(25-21)17-4-3-5-18(24)14-17/h3-14H,1-2H3,(H,25,26). The fraction of sp³-hybridized carbons (Fsp3) is 0.0870. The molecule has 1 aromatic heterocycles. The monoisotopic (exact) mass is 390 g/mol. The van der Waals surface area contributed by atoms with Gasteiger partial charge in [-0.05, 0) is 60.7 Å². The summed E-state index contributed by atoms with van der Waals surface area (Å²) in [5, 5.41) is 0.672. The normalized spacial score (nSPS) is 10.7. The average Bonchev–Trinajstić information content (AvgIpc) is 3.19. The first-order chi connectivity index (χ1) is 13.7. The molecule has 4 rings (SSSR count). The summed E-state index contributed by atoms with van der Waals surface area (Å²) in [4.78, 5) is 8.34. The first kappa shape index (κ1) is 18.1. The molecule has 0 aliphatic carbocycles. The molecule has 4 aromatic rings. The lowest BCUT2D eigenvalue weighted by atomic mass is 10.0. The van der Waals surface area contributed by atoms with Crippen molar-refractivity contribution in [1.29, 1.82) is 0 Å². The predicted octanol–water partition coefficient (Wildman–Crippen LogP) is 6.08. The van der Waals surface area contributed by atoms with Crippen LogP contribution in [0.25, 0.3) is 33.9 Å². The van der Waals surface area contributed by atoms with Gasteiger partial charge in [-0.1, -0.05) is 23.7 Å². The molecule has 0 atom stereocenters. The number of rotatable bonds is 5. The number of nitrogens with zero attached hydrogens (tertiary/aromatic N) is 1. The van der Waals surface area contributed by atoms with Crippen LogP contribution >= 0.6 is 11.6 Å². The number of hydrogen-bond donors (Lipinski definition) is 1. The van der Waals surface area contributed by atoms with Crippen LogP contribution in [0.1, 0.15) is 0 Å². The molecule has 1 heterocycles. The Morgan fingerprint density at radius 2 is 1.36 bits per heavy atom. The molecule has 0 saturated carbocycles. The molecule has 0 saturated heterocycles. The Labute approximate surface area is 168 Å². The second-order valence-corrected chi connectivity index (χ2v) is 6.71. The van der Waals surface area contributed by atoms with Crippen LogP contribution in [-0.2, 0) is 0 Å². The average molecular weight is 391 g/mol. The number of halogens is 1. The van der Waals surface area contributed by atoms with E-state index in [9.17, 15) is 0 Å². The van der Waals surface area contributed by atoms with Gasteiger partial charge in [-0.2, -0.15) is 0 Å². The van der Waals surface area contributed by atoms with Crippen LogP contribution in [0.4, 0.5) is 0 Å². The summed E-state index contributed by atoms with van der Waals surface area (Å²) in [6, 6.07) is 23.4. The largest absolute Gasteiger partial charge is 0.497 e. The summed E-state index contributed by atoms with van der Waals surface area (Å²) >= 11 is 6.17. The number of hydrogen-bond acceptors (Lipinski definition) is 3. The van der Waals surface area contributed by atoms with Crippen LogP contribution in [0.2, 0.25) is 5.02 Å². The van der Waals surface area contributed by atoms with E-state index in [0.29, 0.717) is 5.02 Å². The fourth-order valence-corrected chi connectivity index (χ4v) is 3.26. The maximum Gasteiger partial charge on any atom is 0.138 e. The van der Waals surface area contributed by atoms with Gasteiger partial charge in [0.05, 0.1) is 25.6 Å². The van der Waals surface area contributed by atoms with Gasteiger partial charge in [-0.15, -0.1) is 0 Å². The lowest BCUT2D eigenvalue weighted by Gasteiger charge is -2.06. The highest BCUT2D eigenvalue weighted by molar-refractivity contribution is 6.30. The van der Waals surface area contributed by atoms with Crippen molar-refractivity contribution in [2.75, 3.05) is 14.2 Å². The fourth-order valence-electron chi connectivity index (χ4n) is 3.07. The highest BCUT2D eigenvalue weighted by atomic mass is 35.5. The van der Waals surface area contributed by atoms with E-state index in [4.69, 9.17) is 26.1 Å². The Morgan fingerprint density at radius 3 is 1.93 bits per heavy atom. The minimum absolute atomic E-state index is 0.672. The zero-order valence-corrected chi connectivity index (χ0v) is 16.3. The Morgan fingerprint density at radius 1 is 0.750 bits per heavy atom. The SMILES string of the molecule is COc1ccc(-c2nc(-c3cccc(Cl)c3)[nH]c2-c2ccc(OC)cc2)cc1. The molecule has 5 heteroatoms. The predicted molar refractivity (Wildman–Crippen MR) is 113 cm³/mol. The summed E-state index contributed by atoms with van der Waals surface area (Å²) in [5.74, 6) is 2.38. The van der Waals surface area contributed by atoms with Crippen LogP contribution in [-0.4, -0.2) is 24.2 Å². The van der Waals surface area contributed by atoms with Crippen molar-refractivity contribution in [3.8, 4) is 45.4 Å². The number of methoxy groups -OCH3 is 2. The smallest absolute Gasteiger partial charge is 0.138 e. The van der Waals surface area contributed by atoms with Gasteiger partial charge in [0.25, 0.3) is 0 Å². The molecule has 140 valence electrons. The van der Waals surface area contributed by atoms with E-state index in [-0.39, 0.29) is 0 Å². The van der Waals surface area contributed by atoms with Crippen LogP contribution in [0, 0.1) is 0 Å². The van der Waals surface area contributed by atoms with E-state index < -0.39 is 0 Å². The zero-order valence-electron chi connectivity index (χ0n) is 15.6. The van der Waals surface area contributed by atoms with Gasteiger partial charge in [-0.25, -0.2) is 4.98 Å². The van der Waals surface area contributed by atoms with Crippen LogP contribution in [0.15, 0.2) is 72.8 Å². The van der Waals surface area contributed by atoms with E-state index >= 15 is 0 Å². The van der Waals surface area contributed by atoms with Gasteiger partial charge in [-0.3, -0.25) is 0 Å². The van der Waals surface area contributed by atoms with Crippen molar-refractivity contribution in [3.63, 3.8) is 0 Å². The third-order valence-electron chi connectivity index (χ3n) is 4.54. The highest BCUT2D eigenvalue weighted by Gasteiger charge is 2.16. The van der Waals surface area contributed by atoms with E-state index in [0.717, 1.165) is 45.4 Å². The van der Waals surface area contributed by atoms with E-state index in [2.05, 4.69) is 4.98 Å². The molecule has 0 bridgehead atoms. The van der Waals surface area contributed by atoms with Crippen molar-refractivity contribution in [2.45, 2.75) is 0 Å². The lowest BCUT2D eigenvalue weighted by Crippen LogP contribution is -1.87. The third kappa shape index (κ3) is 3.59. The molecule has 0 amide bonds. The maximum atomic E-state index is 6.17. The number of benzene rings is 3. The molecule has 0 spiro atoms. The second-order valence-electron chi connectivity index (χ2n) is 6.28. The summed E-state index contributed by atoms with van der Waals surface area (Å²) in [6.45, 7) is 0. The molecule has 3 aromatic carbocycles. The first-order valence-corrected chi connectivity index (χ1v) is 9.20. The minimum atomic E-state index is 0.672. The Bertz CT molecular complexity index is 1020. The number of aromatic nitrogens is 2. The minimum Gasteiger partial charge on any atom is -0.497 e. The number of aromatic amines is 1. The van der Waals surface area contributed by atoms with Gasteiger partial charge in [0.2, 0.25) is 0 Å². The summed E-state index contributed by atoms with van der Waals surface area (Å²) in [6.07, 6.45) is 0. The Kier molecular flexibility index (Phi) is 5.04. The number of H-pyrrole nitrogens is 1. The Hall–Kier alpha value is -3.24. The topological polar surface area (TPSA) is 47.1 Å². The Balaban J connectivity index is 1.85. The van der Waals surface area contributed by atoms with Gasteiger partial charge >= 0.3 is 0 Å². The molecule has 4 nitrogen and oxygen atoms in total. The van der Waals surface area contributed by atoms with Crippen molar-refractivity contribution >= 4 is 11.6 Å². The van der Waals surface area contributed by atoms with Gasteiger partial charge in [0.15, 0.2) is 0 Å². The third-order valence-corrected chi connectivity index (χ3v) is 4.78. The molecule has 0 radical (unpaired) electrons. The van der Waals surface area contributed by atoms with Gasteiger partial charge in [0.1, 0.15) is 17.3 Å². The maximum absolute atomic E-state index is 6.17. The molecule has 0 aliphatic heterocycles. The summed E-state index contributed by atoms with van der Waals surface area (Å²) < 4.78 is 10.6. The molecular weight excluding hydrogens is 372 g/mol. The molecule has 0 unspecified atom stereocenters. The van der Waals surface area contributed by atoms with Crippen molar-refractivity contribution in [3.05, 3.63) is 77.8 Å². The van der Waals surface area contributed by atoms with Crippen molar-refractivity contribution in [2.24, 2.45) is 0 Å². The van der Waals surface area contributed by atoms with E-state index in [1.165, 1.54) is 0 Å².